The molecule has 5 nitrogen and oxygen atoms in total. The zero-order valence-electron chi connectivity index (χ0n) is 11.7. The Labute approximate surface area is 127 Å². The minimum Gasteiger partial charge on any atom is -0.352 e. The fraction of sp³-hybridized carbons (Fsp3) is 0.267. The Morgan fingerprint density at radius 2 is 2.05 bits per heavy atom. The van der Waals surface area contributed by atoms with E-state index in [9.17, 15) is 0 Å². The van der Waals surface area contributed by atoms with Crippen LogP contribution in [0.2, 0.25) is 0 Å². The normalized spacial score (nSPS) is 10.7. The molecule has 0 bridgehead atoms. The van der Waals surface area contributed by atoms with Gasteiger partial charge in [0.1, 0.15) is 0 Å². The van der Waals surface area contributed by atoms with Crippen LogP contribution in [0.4, 0.5) is 5.95 Å². The molecule has 0 fully saturated rings. The maximum absolute atomic E-state index is 5.24. The third-order valence-corrected chi connectivity index (χ3v) is 3.99. The highest BCUT2D eigenvalue weighted by Crippen LogP contribution is 2.17. The molecular formula is C15H16N4OS. The Balaban J connectivity index is 1.49. The fourth-order valence-corrected chi connectivity index (χ4v) is 2.77. The molecule has 0 aliphatic carbocycles. The van der Waals surface area contributed by atoms with E-state index in [0.717, 1.165) is 30.6 Å². The summed E-state index contributed by atoms with van der Waals surface area (Å²) in [5, 5.41) is 10.4. The van der Waals surface area contributed by atoms with E-state index >= 15 is 0 Å². The van der Waals surface area contributed by atoms with E-state index < -0.39 is 0 Å². The number of aryl methyl sites for hydroxylation is 2. The van der Waals surface area contributed by atoms with E-state index in [1.54, 1.807) is 11.3 Å². The van der Waals surface area contributed by atoms with Crippen LogP contribution in [-0.4, -0.2) is 21.7 Å². The van der Waals surface area contributed by atoms with Crippen molar-refractivity contribution in [3.05, 3.63) is 46.4 Å². The van der Waals surface area contributed by atoms with Gasteiger partial charge in [-0.05, 0) is 30.6 Å². The number of rotatable bonds is 6. The first-order valence-electron chi connectivity index (χ1n) is 6.85. The maximum atomic E-state index is 5.24. The standard InChI is InChI=1S/C15H16N4OS/c1-11-10-21-13(17-11)8-5-9-16-15-18-14(20-19-15)12-6-3-2-4-7-12/h2-4,6-7,10H,5,8-9H2,1H3,(H,16,19). The van der Waals surface area contributed by atoms with Crippen molar-refractivity contribution < 1.29 is 4.52 Å². The Kier molecular flexibility index (Phi) is 4.25. The van der Waals surface area contributed by atoms with Crippen molar-refractivity contribution in [2.75, 3.05) is 11.9 Å². The summed E-state index contributed by atoms with van der Waals surface area (Å²) in [6, 6.07) is 9.74. The molecule has 0 aliphatic heterocycles. The lowest BCUT2D eigenvalue weighted by molar-refractivity contribution is 0.432. The summed E-state index contributed by atoms with van der Waals surface area (Å²) < 4.78 is 5.24. The molecule has 108 valence electrons. The number of hydrogen-bond donors (Lipinski definition) is 1. The van der Waals surface area contributed by atoms with Gasteiger partial charge in [0, 0.05) is 29.6 Å². The summed E-state index contributed by atoms with van der Waals surface area (Å²) in [5.41, 5.74) is 2.02. The average Bonchev–Trinajstić information content (AvgIpc) is 3.14. The number of aromatic nitrogens is 3. The molecular weight excluding hydrogens is 284 g/mol. The van der Waals surface area contributed by atoms with Gasteiger partial charge in [-0.1, -0.05) is 18.2 Å². The summed E-state index contributed by atoms with van der Waals surface area (Å²) in [6.07, 6.45) is 1.96. The first kappa shape index (κ1) is 13.8. The SMILES string of the molecule is Cc1csc(CCCNc2noc(-c3ccccc3)n2)n1. The summed E-state index contributed by atoms with van der Waals surface area (Å²) in [6.45, 7) is 2.81. The van der Waals surface area contributed by atoms with Crippen LogP contribution in [0.25, 0.3) is 11.5 Å². The minimum absolute atomic E-state index is 0.532. The van der Waals surface area contributed by atoms with Gasteiger partial charge in [-0.25, -0.2) is 4.98 Å². The first-order valence-corrected chi connectivity index (χ1v) is 7.73. The molecule has 1 aromatic carbocycles. The topological polar surface area (TPSA) is 63.8 Å². The second-order valence-electron chi connectivity index (χ2n) is 4.70. The number of nitrogens with zero attached hydrogens (tertiary/aromatic N) is 3. The average molecular weight is 300 g/mol. The smallest absolute Gasteiger partial charge is 0.263 e. The molecule has 2 heterocycles. The number of benzene rings is 1. The number of nitrogens with one attached hydrogen (secondary N) is 1. The molecule has 2 aromatic heterocycles. The zero-order valence-corrected chi connectivity index (χ0v) is 12.6. The lowest BCUT2D eigenvalue weighted by atomic mass is 10.2. The van der Waals surface area contributed by atoms with Gasteiger partial charge in [0.05, 0.1) is 5.01 Å². The van der Waals surface area contributed by atoms with Gasteiger partial charge in [0.2, 0.25) is 0 Å². The lowest BCUT2D eigenvalue weighted by Crippen LogP contribution is -2.04. The number of hydrogen-bond acceptors (Lipinski definition) is 6. The van der Waals surface area contributed by atoms with Gasteiger partial charge in [0.15, 0.2) is 0 Å². The molecule has 1 N–H and O–H groups in total. The van der Waals surface area contributed by atoms with Crippen LogP contribution in [0.3, 0.4) is 0 Å². The van der Waals surface area contributed by atoms with Crippen molar-refractivity contribution >= 4 is 17.3 Å². The van der Waals surface area contributed by atoms with Crippen molar-refractivity contribution in [2.45, 2.75) is 19.8 Å². The van der Waals surface area contributed by atoms with E-state index in [2.05, 4.69) is 25.8 Å². The predicted octanol–water partition coefficient (Wildman–Crippen LogP) is 3.55. The molecule has 0 amide bonds. The largest absolute Gasteiger partial charge is 0.352 e. The second-order valence-corrected chi connectivity index (χ2v) is 5.64. The monoisotopic (exact) mass is 300 g/mol. The van der Waals surface area contributed by atoms with Crippen molar-refractivity contribution in [2.24, 2.45) is 0 Å². The molecule has 0 unspecified atom stereocenters. The third kappa shape index (κ3) is 3.66. The van der Waals surface area contributed by atoms with Crippen LogP contribution in [0.15, 0.2) is 40.2 Å². The van der Waals surface area contributed by atoms with Gasteiger partial charge >= 0.3 is 0 Å². The molecule has 21 heavy (non-hydrogen) atoms. The van der Waals surface area contributed by atoms with Gasteiger partial charge < -0.3 is 9.84 Å². The molecule has 0 aliphatic rings. The van der Waals surface area contributed by atoms with Gasteiger partial charge in [-0.2, -0.15) is 4.98 Å². The Bertz CT molecular complexity index is 693. The van der Waals surface area contributed by atoms with Crippen LogP contribution in [0.5, 0.6) is 0 Å². The highest BCUT2D eigenvalue weighted by molar-refractivity contribution is 7.09. The van der Waals surface area contributed by atoms with Crippen LogP contribution < -0.4 is 5.32 Å². The molecule has 0 atom stereocenters. The van der Waals surface area contributed by atoms with Crippen LogP contribution in [-0.2, 0) is 6.42 Å². The molecule has 3 aromatic rings. The van der Waals surface area contributed by atoms with Crippen molar-refractivity contribution in [1.82, 2.24) is 15.1 Å². The molecule has 6 heteroatoms. The van der Waals surface area contributed by atoms with E-state index in [0.29, 0.717) is 11.8 Å². The highest BCUT2D eigenvalue weighted by atomic mass is 32.1. The fourth-order valence-electron chi connectivity index (χ4n) is 1.95. The number of anilines is 1. The van der Waals surface area contributed by atoms with E-state index in [-0.39, 0.29) is 0 Å². The van der Waals surface area contributed by atoms with E-state index in [4.69, 9.17) is 4.52 Å². The summed E-state index contributed by atoms with van der Waals surface area (Å²) in [4.78, 5) is 8.77. The summed E-state index contributed by atoms with van der Waals surface area (Å²) in [7, 11) is 0. The first-order chi connectivity index (χ1) is 10.3. The van der Waals surface area contributed by atoms with E-state index in [1.807, 2.05) is 37.3 Å². The quantitative estimate of drug-likeness (QED) is 0.705. The lowest BCUT2D eigenvalue weighted by Gasteiger charge is -1.99. The van der Waals surface area contributed by atoms with Crippen molar-refractivity contribution in [3.8, 4) is 11.5 Å². The molecule has 3 rings (SSSR count). The Morgan fingerprint density at radius 3 is 2.81 bits per heavy atom. The van der Waals surface area contributed by atoms with Gasteiger partial charge in [0.25, 0.3) is 11.8 Å². The Morgan fingerprint density at radius 1 is 1.19 bits per heavy atom. The maximum Gasteiger partial charge on any atom is 0.263 e. The second kappa shape index (κ2) is 6.49. The molecule has 0 spiro atoms. The molecule has 0 saturated heterocycles. The minimum atomic E-state index is 0.532. The zero-order chi connectivity index (χ0) is 14.5. The molecule has 0 radical (unpaired) electrons. The van der Waals surface area contributed by atoms with Crippen molar-refractivity contribution in [3.63, 3.8) is 0 Å². The number of thiazole rings is 1. The predicted molar refractivity (Wildman–Crippen MR) is 83.4 cm³/mol. The van der Waals surface area contributed by atoms with Gasteiger partial charge in [-0.15, -0.1) is 11.3 Å². The Hall–Kier alpha value is -2.21. The van der Waals surface area contributed by atoms with E-state index in [1.165, 1.54) is 5.01 Å². The van der Waals surface area contributed by atoms with Crippen LogP contribution in [0.1, 0.15) is 17.1 Å². The summed E-state index contributed by atoms with van der Waals surface area (Å²) in [5.74, 6) is 1.07. The van der Waals surface area contributed by atoms with Crippen LogP contribution in [0, 0.1) is 6.92 Å². The van der Waals surface area contributed by atoms with Crippen molar-refractivity contribution in [1.29, 1.82) is 0 Å². The molecule has 0 saturated carbocycles. The summed E-state index contributed by atoms with van der Waals surface area (Å²) >= 11 is 1.71. The van der Waals surface area contributed by atoms with Gasteiger partial charge in [-0.3, -0.25) is 0 Å². The third-order valence-electron chi connectivity index (χ3n) is 2.96. The van der Waals surface area contributed by atoms with Crippen LogP contribution >= 0.6 is 11.3 Å². The highest BCUT2D eigenvalue weighted by Gasteiger charge is 2.07.